The van der Waals surface area contributed by atoms with E-state index in [2.05, 4.69) is 36.9 Å². The smallest absolute Gasteiger partial charge is 0.351 e. The van der Waals surface area contributed by atoms with E-state index in [0.29, 0.717) is 11.3 Å². The number of piperazine rings is 1. The maximum atomic E-state index is 12.8. The first-order valence-corrected chi connectivity index (χ1v) is 10.6. The molecule has 1 aliphatic heterocycles. The Morgan fingerprint density at radius 1 is 0.970 bits per heavy atom. The molecule has 1 saturated heterocycles. The molecule has 1 fully saturated rings. The number of anilines is 2. The highest BCUT2D eigenvalue weighted by Gasteiger charge is 2.28. The third-order valence-corrected chi connectivity index (χ3v) is 5.74. The summed E-state index contributed by atoms with van der Waals surface area (Å²) in [6.45, 7) is 10.5. The largest absolute Gasteiger partial charge is 0.373 e. The number of aryl methyl sites for hydroxylation is 1. The molecular weight excluding hydrogens is 420 g/mol. The predicted octanol–water partition coefficient (Wildman–Crippen LogP) is 2.55. The zero-order chi connectivity index (χ0) is 24.0. The highest BCUT2D eigenvalue weighted by Crippen LogP contribution is 2.26. The number of hydrogen-bond donors (Lipinski definition) is 0. The van der Waals surface area contributed by atoms with Gasteiger partial charge in [-0.3, -0.25) is 9.78 Å². The Morgan fingerprint density at radius 2 is 1.67 bits per heavy atom. The molecule has 9 heteroatoms. The van der Waals surface area contributed by atoms with E-state index >= 15 is 0 Å². The molecule has 170 valence electrons. The van der Waals surface area contributed by atoms with Gasteiger partial charge in [-0.1, -0.05) is 30.3 Å². The van der Waals surface area contributed by atoms with Crippen LogP contribution in [-0.2, 0) is 9.59 Å². The molecule has 33 heavy (non-hydrogen) atoms. The molecule has 0 unspecified atom stereocenters. The fourth-order valence-electron chi connectivity index (χ4n) is 3.86. The second kappa shape index (κ2) is 10.6. The maximum Gasteiger partial charge on any atom is 0.373 e. The average molecular weight is 447 g/mol. The van der Waals surface area contributed by atoms with Crippen molar-refractivity contribution in [1.82, 2.24) is 20.2 Å². The van der Waals surface area contributed by atoms with Crippen molar-refractivity contribution in [2.75, 3.05) is 29.4 Å². The quantitative estimate of drug-likeness (QED) is 0.558. The van der Waals surface area contributed by atoms with Gasteiger partial charge >= 0.3 is 6.15 Å². The van der Waals surface area contributed by atoms with Gasteiger partial charge in [0.1, 0.15) is 11.5 Å². The van der Waals surface area contributed by atoms with Crippen molar-refractivity contribution < 1.29 is 14.4 Å². The molecule has 4 rings (SSSR count). The van der Waals surface area contributed by atoms with Gasteiger partial charge in [0, 0.05) is 31.2 Å². The summed E-state index contributed by atoms with van der Waals surface area (Å²) in [7, 11) is 0. The highest BCUT2D eigenvalue weighted by atomic mass is 16.2. The molecule has 1 aliphatic rings. The summed E-state index contributed by atoms with van der Waals surface area (Å²) in [6.07, 6.45) is 3.89. The minimum Gasteiger partial charge on any atom is -0.351 e. The highest BCUT2D eigenvalue weighted by molar-refractivity contribution is 6.08. The van der Waals surface area contributed by atoms with Crippen LogP contribution in [0.3, 0.4) is 0 Å². The van der Waals surface area contributed by atoms with E-state index in [1.165, 1.54) is 0 Å². The summed E-state index contributed by atoms with van der Waals surface area (Å²) in [5, 5.41) is 8.79. The SMILES string of the molecule is Cc1cnc(N2CCN(c3nnc(C(=O)c4ccccc4)c(C)c3C)C[C@H]2C)cn1.O=C=O. The number of hydrogen-bond acceptors (Lipinski definition) is 9. The van der Waals surface area contributed by atoms with Gasteiger partial charge in [0.2, 0.25) is 5.78 Å². The zero-order valence-corrected chi connectivity index (χ0v) is 19.1. The molecule has 0 saturated carbocycles. The number of carbonyl (C=O) groups excluding carboxylic acids is 3. The summed E-state index contributed by atoms with van der Waals surface area (Å²) in [4.78, 5) is 42.5. The summed E-state index contributed by atoms with van der Waals surface area (Å²) in [5.41, 5.74) is 3.84. The van der Waals surface area contributed by atoms with Crippen molar-refractivity contribution in [3.8, 4) is 0 Å². The van der Waals surface area contributed by atoms with Crippen molar-refractivity contribution in [2.45, 2.75) is 33.7 Å². The molecule has 1 aromatic carbocycles. The molecule has 3 aromatic rings. The van der Waals surface area contributed by atoms with Crippen molar-refractivity contribution in [3.05, 3.63) is 70.8 Å². The lowest BCUT2D eigenvalue weighted by Crippen LogP contribution is -2.53. The van der Waals surface area contributed by atoms with Gasteiger partial charge in [-0.05, 0) is 38.8 Å². The lowest BCUT2D eigenvalue weighted by atomic mass is 10.0. The average Bonchev–Trinajstić information content (AvgIpc) is 2.82. The minimum absolute atomic E-state index is 0.0913. The van der Waals surface area contributed by atoms with Gasteiger partial charge in [0.15, 0.2) is 5.82 Å². The van der Waals surface area contributed by atoms with Gasteiger partial charge < -0.3 is 9.80 Å². The minimum atomic E-state index is -0.0913. The van der Waals surface area contributed by atoms with E-state index in [1.807, 2.05) is 57.3 Å². The van der Waals surface area contributed by atoms with E-state index in [1.54, 1.807) is 6.20 Å². The fourth-order valence-corrected chi connectivity index (χ4v) is 3.86. The topological polar surface area (TPSA) is 109 Å². The van der Waals surface area contributed by atoms with Crippen LogP contribution in [0.25, 0.3) is 0 Å². The Bertz CT molecular complexity index is 1140. The lowest BCUT2D eigenvalue weighted by molar-refractivity contribution is -0.191. The third-order valence-electron chi connectivity index (χ3n) is 5.74. The van der Waals surface area contributed by atoms with Crippen molar-refractivity contribution in [2.24, 2.45) is 0 Å². The predicted molar refractivity (Wildman–Crippen MR) is 122 cm³/mol. The first kappa shape index (κ1) is 23.7. The molecule has 0 spiro atoms. The van der Waals surface area contributed by atoms with E-state index in [0.717, 1.165) is 48.1 Å². The van der Waals surface area contributed by atoms with Crippen molar-refractivity contribution in [1.29, 1.82) is 0 Å². The summed E-state index contributed by atoms with van der Waals surface area (Å²) >= 11 is 0. The van der Waals surface area contributed by atoms with Crippen LogP contribution < -0.4 is 9.80 Å². The van der Waals surface area contributed by atoms with E-state index in [9.17, 15) is 4.79 Å². The number of carbonyl (C=O) groups is 1. The number of rotatable bonds is 4. The monoisotopic (exact) mass is 446 g/mol. The van der Waals surface area contributed by atoms with Crippen molar-refractivity contribution in [3.63, 3.8) is 0 Å². The van der Waals surface area contributed by atoms with Crippen LogP contribution in [0.15, 0.2) is 42.7 Å². The van der Waals surface area contributed by atoms with Crippen LogP contribution in [0.1, 0.15) is 39.8 Å². The molecule has 9 nitrogen and oxygen atoms in total. The molecule has 3 heterocycles. The molecule has 1 atom stereocenters. The number of ketones is 1. The van der Waals surface area contributed by atoms with Crippen LogP contribution in [0.5, 0.6) is 0 Å². The number of aromatic nitrogens is 4. The van der Waals surface area contributed by atoms with Gasteiger partial charge in [-0.15, -0.1) is 10.2 Å². The first-order valence-electron chi connectivity index (χ1n) is 10.6. The van der Waals surface area contributed by atoms with Crippen LogP contribution >= 0.6 is 0 Å². The van der Waals surface area contributed by atoms with Crippen molar-refractivity contribution >= 4 is 23.6 Å². The third kappa shape index (κ3) is 5.27. The summed E-state index contributed by atoms with van der Waals surface area (Å²) < 4.78 is 0. The lowest BCUT2D eigenvalue weighted by Gasteiger charge is -2.41. The van der Waals surface area contributed by atoms with Crippen LogP contribution in [0.4, 0.5) is 11.6 Å². The summed E-state index contributed by atoms with van der Waals surface area (Å²) in [6, 6.07) is 9.48. The van der Waals surface area contributed by atoms with E-state index in [4.69, 9.17) is 9.59 Å². The molecule has 0 radical (unpaired) electrons. The van der Waals surface area contributed by atoms with Gasteiger partial charge in [0.25, 0.3) is 0 Å². The van der Waals surface area contributed by atoms with E-state index < -0.39 is 0 Å². The second-order valence-electron chi connectivity index (χ2n) is 7.91. The molecule has 2 aromatic heterocycles. The Hall–Kier alpha value is -3.97. The normalized spacial score (nSPS) is 15.3. The molecule has 0 aliphatic carbocycles. The Balaban J connectivity index is 0.000000968. The second-order valence-corrected chi connectivity index (χ2v) is 7.91. The summed E-state index contributed by atoms with van der Waals surface area (Å²) in [5.74, 6) is 1.65. The Morgan fingerprint density at radius 3 is 2.27 bits per heavy atom. The number of benzene rings is 1. The van der Waals surface area contributed by atoms with Gasteiger partial charge in [-0.25, -0.2) is 4.98 Å². The molecule has 0 amide bonds. The molecule has 0 bridgehead atoms. The van der Waals surface area contributed by atoms with Gasteiger partial charge in [-0.2, -0.15) is 9.59 Å². The van der Waals surface area contributed by atoms with Gasteiger partial charge in [0.05, 0.1) is 18.1 Å². The number of nitrogens with zero attached hydrogens (tertiary/aromatic N) is 6. The molecule has 0 N–H and O–H groups in total. The standard InChI is InChI=1S/C23H26N6O.CO2/c1-15-12-25-20(13-24-15)29-11-10-28(14-16(29)2)23-18(4)17(3)21(26-27-23)22(30)19-8-6-5-7-9-19;2-1-3/h5-9,12-13,16H,10-11,14H2,1-4H3;/t16-;/m1./s1. The van der Waals surface area contributed by atoms with Crippen LogP contribution in [0, 0.1) is 20.8 Å². The fraction of sp³-hybridized carbons (Fsp3) is 0.333. The van der Waals surface area contributed by atoms with E-state index in [-0.39, 0.29) is 18.0 Å². The van der Waals surface area contributed by atoms with Crippen LogP contribution in [0.2, 0.25) is 0 Å². The maximum absolute atomic E-state index is 12.8. The Labute approximate surface area is 192 Å². The molecular formula is C24H26N6O3. The first-order chi connectivity index (χ1) is 15.9. The Kier molecular flexibility index (Phi) is 7.58. The zero-order valence-electron chi connectivity index (χ0n) is 19.1. The van der Waals surface area contributed by atoms with Crippen LogP contribution in [-0.4, -0.2) is 57.8 Å².